The minimum atomic E-state index is -0.501. The highest BCUT2D eigenvalue weighted by Gasteiger charge is 2.16. The number of benzene rings is 1. The number of hydrogen-bond acceptors (Lipinski definition) is 4. The van der Waals surface area contributed by atoms with Gasteiger partial charge in [0.05, 0.1) is 0 Å². The quantitative estimate of drug-likeness (QED) is 0.738. The highest BCUT2D eigenvalue weighted by atomic mass is 32.1. The van der Waals surface area contributed by atoms with Gasteiger partial charge in [-0.15, -0.1) is 12.6 Å². The van der Waals surface area contributed by atoms with Crippen LogP contribution < -0.4 is 11.1 Å². The van der Waals surface area contributed by atoms with Crippen molar-refractivity contribution in [2.75, 3.05) is 6.54 Å². The Hall–Kier alpha value is -1.20. The van der Waals surface area contributed by atoms with Gasteiger partial charge in [0.1, 0.15) is 5.60 Å². The molecule has 3 N–H and O–H groups in total. The predicted molar refractivity (Wildman–Crippen MR) is 74.9 cm³/mol. The molecule has 0 bridgehead atoms. The Balaban J connectivity index is 2.46. The lowest BCUT2D eigenvalue weighted by Crippen LogP contribution is -2.36. The second-order valence-corrected chi connectivity index (χ2v) is 5.60. The molecule has 18 heavy (non-hydrogen) atoms. The smallest absolute Gasteiger partial charge is 0.407 e. The molecule has 0 aliphatic carbocycles. The Morgan fingerprint density at radius 2 is 2.17 bits per heavy atom. The SMILES string of the molecule is CC(C)(C)OC(=O)NCC(N)c1cccc(S)c1. The van der Waals surface area contributed by atoms with Crippen LogP contribution in [0.15, 0.2) is 29.2 Å². The molecule has 5 heteroatoms. The van der Waals surface area contributed by atoms with E-state index in [1.807, 2.05) is 45.0 Å². The fourth-order valence-electron chi connectivity index (χ4n) is 1.38. The predicted octanol–water partition coefficient (Wildman–Crippen LogP) is 2.50. The molecule has 1 rings (SSSR count). The van der Waals surface area contributed by atoms with E-state index < -0.39 is 11.7 Å². The molecule has 1 aromatic rings. The van der Waals surface area contributed by atoms with E-state index in [0.29, 0.717) is 6.54 Å². The van der Waals surface area contributed by atoms with Crippen LogP contribution in [0.25, 0.3) is 0 Å². The maximum Gasteiger partial charge on any atom is 0.407 e. The van der Waals surface area contributed by atoms with Crippen molar-refractivity contribution in [3.05, 3.63) is 29.8 Å². The average Bonchev–Trinajstić information content (AvgIpc) is 2.23. The number of amides is 1. The molecular formula is C13H20N2O2S. The molecule has 0 spiro atoms. The van der Waals surface area contributed by atoms with Gasteiger partial charge in [0.15, 0.2) is 0 Å². The van der Waals surface area contributed by atoms with Crippen LogP contribution >= 0.6 is 12.6 Å². The number of carbonyl (C=O) groups is 1. The van der Waals surface area contributed by atoms with E-state index in [0.717, 1.165) is 10.5 Å². The molecule has 0 saturated carbocycles. The third-order valence-electron chi connectivity index (χ3n) is 2.16. The van der Waals surface area contributed by atoms with E-state index in [1.165, 1.54) is 0 Å². The second kappa shape index (κ2) is 6.11. The fraction of sp³-hybridized carbons (Fsp3) is 0.462. The first kappa shape index (κ1) is 14.9. The maximum absolute atomic E-state index is 11.5. The van der Waals surface area contributed by atoms with E-state index in [4.69, 9.17) is 10.5 Å². The number of rotatable bonds is 3. The van der Waals surface area contributed by atoms with Gasteiger partial charge in [-0.2, -0.15) is 0 Å². The first-order chi connectivity index (χ1) is 8.28. The molecule has 0 heterocycles. The van der Waals surface area contributed by atoms with Gasteiger partial charge >= 0.3 is 6.09 Å². The monoisotopic (exact) mass is 268 g/mol. The minimum absolute atomic E-state index is 0.274. The summed E-state index contributed by atoms with van der Waals surface area (Å²) in [5.41, 5.74) is 6.40. The Labute approximate surface area is 113 Å². The summed E-state index contributed by atoms with van der Waals surface area (Å²) in [5, 5.41) is 2.65. The first-order valence-corrected chi connectivity index (χ1v) is 6.24. The van der Waals surface area contributed by atoms with Crippen LogP contribution in [-0.2, 0) is 4.74 Å². The topological polar surface area (TPSA) is 64.3 Å². The number of alkyl carbamates (subject to hydrolysis) is 1. The van der Waals surface area contributed by atoms with E-state index in [2.05, 4.69) is 17.9 Å². The first-order valence-electron chi connectivity index (χ1n) is 5.79. The van der Waals surface area contributed by atoms with Crippen molar-refractivity contribution >= 4 is 18.7 Å². The lowest BCUT2D eigenvalue weighted by Gasteiger charge is -2.21. The van der Waals surface area contributed by atoms with Gasteiger partial charge in [0, 0.05) is 17.5 Å². The third kappa shape index (κ3) is 5.42. The van der Waals surface area contributed by atoms with Gasteiger partial charge < -0.3 is 15.8 Å². The van der Waals surface area contributed by atoms with Gasteiger partial charge in [0.2, 0.25) is 0 Å². The van der Waals surface area contributed by atoms with Gasteiger partial charge in [-0.1, -0.05) is 12.1 Å². The zero-order chi connectivity index (χ0) is 13.8. The van der Waals surface area contributed by atoms with Crippen LogP contribution in [0.4, 0.5) is 4.79 Å². The van der Waals surface area contributed by atoms with Crippen molar-refractivity contribution < 1.29 is 9.53 Å². The molecule has 0 saturated heterocycles. The highest BCUT2D eigenvalue weighted by Crippen LogP contribution is 2.14. The summed E-state index contributed by atoms with van der Waals surface area (Å²) in [7, 11) is 0. The summed E-state index contributed by atoms with van der Waals surface area (Å²) in [5.74, 6) is 0. The zero-order valence-electron chi connectivity index (χ0n) is 10.9. The molecule has 0 fully saturated rings. The largest absolute Gasteiger partial charge is 0.444 e. The van der Waals surface area contributed by atoms with Crippen molar-refractivity contribution in [3.63, 3.8) is 0 Å². The second-order valence-electron chi connectivity index (χ2n) is 5.08. The molecule has 4 nitrogen and oxygen atoms in total. The average molecular weight is 268 g/mol. The van der Waals surface area contributed by atoms with Crippen LogP contribution in [0.1, 0.15) is 32.4 Å². The lowest BCUT2D eigenvalue weighted by atomic mass is 10.1. The van der Waals surface area contributed by atoms with Crippen molar-refractivity contribution in [3.8, 4) is 0 Å². The standard InChI is InChI=1S/C13H20N2O2S/c1-13(2,3)17-12(16)15-8-11(14)9-5-4-6-10(18)7-9/h4-7,11,18H,8,14H2,1-3H3,(H,15,16). The van der Waals surface area contributed by atoms with Gasteiger partial charge in [-0.05, 0) is 38.5 Å². The van der Waals surface area contributed by atoms with Gasteiger partial charge in [0.25, 0.3) is 0 Å². The minimum Gasteiger partial charge on any atom is -0.444 e. The Morgan fingerprint density at radius 3 is 2.72 bits per heavy atom. The van der Waals surface area contributed by atoms with Crippen LogP contribution in [-0.4, -0.2) is 18.2 Å². The summed E-state index contributed by atoms with van der Waals surface area (Å²) in [6.45, 7) is 5.77. The summed E-state index contributed by atoms with van der Waals surface area (Å²) in [6.07, 6.45) is -0.458. The summed E-state index contributed by atoms with van der Waals surface area (Å²) < 4.78 is 5.13. The van der Waals surface area contributed by atoms with Crippen LogP contribution in [0.2, 0.25) is 0 Å². The van der Waals surface area contributed by atoms with E-state index in [1.54, 1.807) is 0 Å². The number of nitrogens with one attached hydrogen (secondary N) is 1. The summed E-state index contributed by atoms with van der Waals surface area (Å²) >= 11 is 4.25. The summed E-state index contributed by atoms with van der Waals surface area (Å²) in [4.78, 5) is 12.3. The lowest BCUT2D eigenvalue weighted by molar-refractivity contribution is 0.0524. The van der Waals surface area contributed by atoms with Crippen LogP contribution in [0.5, 0.6) is 0 Å². The molecule has 0 aromatic heterocycles. The highest BCUT2D eigenvalue weighted by molar-refractivity contribution is 7.80. The molecule has 0 aliphatic rings. The van der Waals surface area contributed by atoms with E-state index in [-0.39, 0.29) is 6.04 Å². The maximum atomic E-state index is 11.5. The number of ether oxygens (including phenoxy) is 1. The normalized spacial score (nSPS) is 12.9. The Morgan fingerprint density at radius 1 is 1.50 bits per heavy atom. The van der Waals surface area contributed by atoms with Crippen LogP contribution in [0, 0.1) is 0 Å². The van der Waals surface area contributed by atoms with Crippen molar-refractivity contribution in [2.24, 2.45) is 5.73 Å². The fourth-order valence-corrected chi connectivity index (χ4v) is 1.62. The third-order valence-corrected chi connectivity index (χ3v) is 2.44. The van der Waals surface area contributed by atoms with Crippen molar-refractivity contribution in [1.29, 1.82) is 0 Å². The molecule has 0 aliphatic heterocycles. The molecule has 1 unspecified atom stereocenters. The van der Waals surface area contributed by atoms with Crippen molar-refractivity contribution in [1.82, 2.24) is 5.32 Å². The van der Waals surface area contributed by atoms with E-state index in [9.17, 15) is 4.79 Å². The van der Waals surface area contributed by atoms with Gasteiger partial charge in [-0.3, -0.25) is 0 Å². The molecule has 100 valence electrons. The Bertz CT molecular complexity index is 416. The molecule has 1 amide bonds. The van der Waals surface area contributed by atoms with Crippen LogP contribution in [0.3, 0.4) is 0 Å². The molecule has 1 atom stereocenters. The zero-order valence-corrected chi connectivity index (χ0v) is 11.8. The number of nitrogens with two attached hydrogens (primary N) is 1. The van der Waals surface area contributed by atoms with Crippen molar-refractivity contribution in [2.45, 2.75) is 37.3 Å². The number of thiol groups is 1. The molecule has 1 aromatic carbocycles. The van der Waals surface area contributed by atoms with Gasteiger partial charge in [-0.25, -0.2) is 4.79 Å². The number of hydrogen-bond donors (Lipinski definition) is 3. The van der Waals surface area contributed by atoms with E-state index >= 15 is 0 Å². The Kier molecular flexibility index (Phi) is 5.04. The molecular weight excluding hydrogens is 248 g/mol. The molecule has 0 radical (unpaired) electrons. The number of carbonyl (C=O) groups excluding carboxylic acids is 1. The summed E-state index contributed by atoms with van der Waals surface area (Å²) in [6, 6.07) is 7.27.